The molecule has 1 atom stereocenters. The number of halogens is 2. The largest absolute Gasteiger partial charge is 0.496 e. The zero-order valence-corrected chi connectivity index (χ0v) is 12.8. The molecule has 0 bridgehead atoms. The average Bonchev–Trinajstić information content (AvgIpc) is 2.99. The fourth-order valence-corrected chi connectivity index (χ4v) is 3.17. The van der Waals surface area contributed by atoms with Crippen LogP contribution in [0.15, 0.2) is 22.7 Å². The molecule has 1 aromatic rings. The first-order valence-electron chi connectivity index (χ1n) is 5.54. The summed E-state index contributed by atoms with van der Waals surface area (Å²) in [6.45, 7) is 2.25. The third-order valence-electron chi connectivity index (χ3n) is 3.52. The third kappa shape index (κ3) is 2.45. The summed E-state index contributed by atoms with van der Waals surface area (Å²) in [5.74, 6) is 1.00. The van der Waals surface area contributed by atoms with Gasteiger partial charge >= 0.3 is 0 Å². The normalized spacial score (nSPS) is 19.2. The van der Waals surface area contributed by atoms with Crippen LogP contribution in [0.1, 0.15) is 25.3 Å². The molecule has 88 valence electrons. The lowest BCUT2D eigenvalue weighted by atomic mass is 9.93. The number of hydrogen-bond donors (Lipinski definition) is 0. The summed E-state index contributed by atoms with van der Waals surface area (Å²) in [4.78, 5) is 0.573. The quantitative estimate of drug-likeness (QED) is 0.725. The van der Waals surface area contributed by atoms with Gasteiger partial charge in [0, 0.05) is 9.30 Å². The first kappa shape index (κ1) is 12.4. The lowest BCUT2D eigenvalue weighted by molar-refractivity contribution is 0.401. The van der Waals surface area contributed by atoms with Gasteiger partial charge in [0.1, 0.15) is 5.75 Å². The number of methoxy groups -OCH3 is 1. The van der Waals surface area contributed by atoms with Gasteiger partial charge in [-0.05, 0) is 48.4 Å². The molecule has 0 spiro atoms. The highest BCUT2D eigenvalue weighted by Gasteiger charge is 2.46. The summed E-state index contributed by atoms with van der Waals surface area (Å²) < 4.78 is 6.54. The molecular weight excluding hydrogens is 332 g/mol. The predicted molar refractivity (Wildman–Crippen MR) is 74.5 cm³/mol. The maximum Gasteiger partial charge on any atom is 0.122 e. The Morgan fingerprint density at radius 3 is 2.62 bits per heavy atom. The summed E-state index contributed by atoms with van der Waals surface area (Å²) in [5.41, 5.74) is 1.76. The molecule has 1 aliphatic rings. The van der Waals surface area contributed by atoms with Crippen LogP contribution in [0.5, 0.6) is 5.75 Å². The molecule has 0 N–H and O–H groups in total. The number of benzene rings is 1. The summed E-state index contributed by atoms with van der Waals surface area (Å²) in [6, 6.07) is 6.24. The van der Waals surface area contributed by atoms with Crippen molar-refractivity contribution in [2.45, 2.75) is 31.0 Å². The summed E-state index contributed by atoms with van der Waals surface area (Å²) in [6.07, 6.45) is 3.73. The van der Waals surface area contributed by atoms with Crippen molar-refractivity contribution in [3.05, 3.63) is 28.2 Å². The van der Waals surface area contributed by atoms with Crippen LogP contribution in [-0.2, 0) is 6.42 Å². The molecule has 2 rings (SSSR count). The topological polar surface area (TPSA) is 9.23 Å². The van der Waals surface area contributed by atoms with Crippen LogP contribution in [0.4, 0.5) is 0 Å². The minimum atomic E-state index is 0.452. The van der Waals surface area contributed by atoms with Crippen LogP contribution in [0.2, 0.25) is 0 Å². The highest BCUT2D eigenvalue weighted by Crippen LogP contribution is 2.54. The van der Waals surface area contributed by atoms with E-state index in [2.05, 4.69) is 44.8 Å². The van der Waals surface area contributed by atoms with Gasteiger partial charge in [-0.25, -0.2) is 0 Å². The molecule has 0 aliphatic heterocycles. The number of alkyl halides is 1. The minimum absolute atomic E-state index is 0.452. The molecule has 3 heteroatoms. The summed E-state index contributed by atoms with van der Waals surface area (Å²) >= 11 is 7.25. The lowest BCUT2D eigenvalue weighted by Crippen LogP contribution is -2.15. The van der Waals surface area contributed by atoms with Gasteiger partial charge in [0.2, 0.25) is 0 Å². The zero-order chi connectivity index (χ0) is 11.8. The first-order chi connectivity index (χ1) is 7.57. The van der Waals surface area contributed by atoms with E-state index >= 15 is 0 Å². The van der Waals surface area contributed by atoms with Gasteiger partial charge in [-0.1, -0.05) is 38.8 Å². The monoisotopic (exact) mass is 346 g/mol. The van der Waals surface area contributed by atoms with Crippen molar-refractivity contribution in [3.63, 3.8) is 0 Å². The fraction of sp³-hybridized carbons (Fsp3) is 0.538. The Kier molecular flexibility index (Phi) is 3.65. The van der Waals surface area contributed by atoms with Gasteiger partial charge in [0.15, 0.2) is 0 Å². The fourth-order valence-electron chi connectivity index (χ4n) is 2.14. The van der Waals surface area contributed by atoms with E-state index in [1.165, 1.54) is 18.4 Å². The highest BCUT2D eigenvalue weighted by atomic mass is 79.9. The molecule has 1 saturated carbocycles. The molecule has 0 saturated heterocycles. The molecule has 0 heterocycles. The molecule has 1 aliphatic carbocycles. The van der Waals surface area contributed by atoms with Crippen LogP contribution in [0.25, 0.3) is 0 Å². The Hall–Kier alpha value is -0.0200. The van der Waals surface area contributed by atoms with Crippen molar-refractivity contribution < 1.29 is 4.74 Å². The lowest BCUT2D eigenvalue weighted by Gasteiger charge is -2.19. The van der Waals surface area contributed by atoms with Crippen molar-refractivity contribution in [1.29, 1.82) is 0 Å². The van der Waals surface area contributed by atoms with E-state index in [0.29, 0.717) is 10.2 Å². The smallest absolute Gasteiger partial charge is 0.122 e. The highest BCUT2D eigenvalue weighted by molar-refractivity contribution is 9.10. The average molecular weight is 348 g/mol. The van der Waals surface area contributed by atoms with Crippen molar-refractivity contribution >= 4 is 31.9 Å². The third-order valence-corrected chi connectivity index (χ3v) is 4.99. The standard InChI is InChI=1S/C13H16Br2O/c1-9(14)13(5-6-13)8-10-7-11(15)3-4-12(10)16-2/h3-4,7,9H,5-6,8H2,1-2H3. The molecule has 1 unspecified atom stereocenters. The van der Waals surface area contributed by atoms with E-state index in [-0.39, 0.29) is 0 Å². The minimum Gasteiger partial charge on any atom is -0.496 e. The van der Waals surface area contributed by atoms with Gasteiger partial charge in [-0.2, -0.15) is 0 Å². The van der Waals surface area contributed by atoms with Gasteiger partial charge < -0.3 is 4.74 Å². The summed E-state index contributed by atoms with van der Waals surface area (Å²) in [5, 5.41) is 0. The Morgan fingerprint density at radius 2 is 2.12 bits per heavy atom. The molecule has 16 heavy (non-hydrogen) atoms. The van der Waals surface area contributed by atoms with Crippen LogP contribution < -0.4 is 4.74 Å². The molecule has 0 amide bonds. The Bertz CT molecular complexity index is 384. The van der Waals surface area contributed by atoms with Crippen molar-refractivity contribution in [1.82, 2.24) is 0 Å². The number of rotatable bonds is 4. The SMILES string of the molecule is COc1ccc(Br)cc1CC1(C(C)Br)CC1. The van der Waals surface area contributed by atoms with Crippen molar-refractivity contribution in [2.24, 2.45) is 5.41 Å². The van der Waals surface area contributed by atoms with Crippen LogP contribution in [-0.4, -0.2) is 11.9 Å². The zero-order valence-electron chi connectivity index (χ0n) is 9.59. The van der Waals surface area contributed by atoms with Crippen LogP contribution >= 0.6 is 31.9 Å². The number of ether oxygens (including phenoxy) is 1. The Morgan fingerprint density at radius 1 is 1.44 bits per heavy atom. The Labute approximate surface area is 114 Å². The molecule has 0 aromatic heterocycles. The van der Waals surface area contributed by atoms with Crippen LogP contribution in [0, 0.1) is 5.41 Å². The maximum absolute atomic E-state index is 5.42. The van der Waals surface area contributed by atoms with Crippen molar-refractivity contribution in [2.75, 3.05) is 7.11 Å². The molecular formula is C13H16Br2O. The van der Waals surface area contributed by atoms with Crippen molar-refractivity contribution in [3.8, 4) is 5.75 Å². The second-order valence-electron chi connectivity index (χ2n) is 4.61. The van der Waals surface area contributed by atoms with E-state index in [1.54, 1.807) is 7.11 Å². The molecule has 1 fully saturated rings. The second kappa shape index (κ2) is 4.69. The molecule has 0 radical (unpaired) electrons. The maximum atomic E-state index is 5.42. The van der Waals surface area contributed by atoms with Gasteiger partial charge in [-0.15, -0.1) is 0 Å². The van der Waals surface area contributed by atoms with Crippen LogP contribution in [0.3, 0.4) is 0 Å². The van der Waals surface area contributed by atoms with E-state index in [0.717, 1.165) is 16.6 Å². The van der Waals surface area contributed by atoms with Gasteiger partial charge in [-0.3, -0.25) is 0 Å². The Balaban J connectivity index is 2.23. The molecule has 1 aromatic carbocycles. The first-order valence-corrected chi connectivity index (χ1v) is 7.25. The van der Waals surface area contributed by atoms with E-state index in [1.807, 2.05) is 12.1 Å². The molecule has 1 nitrogen and oxygen atoms in total. The van der Waals surface area contributed by atoms with E-state index in [9.17, 15) is 0 Å². The van der Waals surface area contributed by atoms with Gasteiger partial charge in [0.05, 0.1) is 7.11 Å². The second-order valence-corrected chi connectivity index (χ2v) is 6.90. The number of hydrogen-bond acceptors (Lipinski definition) is 1. The van der Waals surface area contributed by atoms with Gasteiger partial charge in [0.25, 0.3) is 0 Å². The predicted octanol–water partition coefficient (Wildman–Crippen LogP) is 4.56. The summed E-state index contributed by atoms with van der Waals surface area (Å²) in [7, 11) is 1.74. The van der Waals surface area contributed by atoms with E-state index < -0.39 is 0 Å². The van der Waals surface area contributed by atoms with E-state index in [4.69, 9.17) is 4.74 Å².